The third-order valence-electron chi connectivity index (χ3n) is 2.40. The van der Waals surface area contributed by atoms with E-state index in [1.54, 1.807) is 7.11 Å². The second-order valence-electron chi connectivity index (χ2n) is 3.81. The normalized spacial score (nSPS) is 15.2. The first-order valence-electron chi connectivity index (χ1n) is 4.83. The number of hydrogen-bond donors (Lipinski definition) is 1. The minimum absolute atomic E-state index is 0.170. The van der Waals surface area contributed by atoms with E-state index in [9.17, 15) is 5.11 Å². The van der Waals surface area contributed by atoms with Gasteiger partial charge in [0.25, 0.3) is 0 Å². The first-order chi connectivity index (χ1) is 6.54. The molecule has 14 heavy (non-hydrogen) atoms. The van der Waals surface area contributed by atoms with Crippen LogP contribution in [0.1, 0.15) is 29.7 Å². The van der Waals surface area contributed by atoms with Crippen LogP contribution >= 0.6 is 0 Å². The number of rotatable bonds is 3. The molecule has 78 valence electrons. The fraction of sp³-hybridized carbons (Fsp3) is 0.500. The van der Waals surface area contributed by atoms with E-state index in [2.05, 4.69) is 6.07 Å². The van der Waals surface area contributed by atoms with Crippen LogP contribution in [0.15, 0.2) is 18.2 Å². The van der Waals surface area contributed by atoms with Gasteiger partial charge in [-0.3, -0.25) is 0 Å². The van der Waals surface area contributed by atoms with E-state index < -0.39 is 6.10 Å². The summed E-state index contributed by atoms with van der Waals surface area (Å²) in [6, 6.07) is 6.08. The second-order valence-corrected chi connectivity index (χ2v) is 3.81. The Hall–Kier alpha value is -0.860. The SMILES string of the molecule is COC(C)C(O)c1cc(C)cc(C)c1. The predicted octanol–water partition coefficient (Wildman–Crippen LogP) is 2.37. The Kier molecular flexibility index (Phi) is 3.67. The lowest BCUT2D eigenvalue weighted by molar-refractivity contribution is -0.00147. The van der Waals surface area contributed by atoms with Gasteiger partial charge in [-0.25, -0.2) is 0 Å². The van der Waals surface area contributed by atoms with Gasteiger partial charge in [0.15, 0.2) is 0 Å². The molecular formula is C12H18O2. The van der Waals surface area contributed by atoms with E-state index in [4.69, 9.17) is 4.74 Å². The molecular weight excluding hydrogens is 176 g/mol. The third-order valence-corrected chi connectivity index (χ3v) is 2.40. The van der Waals surface area contributed by atoms with Crippen LogP contribution in [-0.2, 0) is 4.74 Å². The van der Waals surface area contributed by atoms with E-state index >= 15 is 0 Å². The summed E-state index contributed by atoms with van der Waals surface area (Å²) in [4.78, 5) is 0. The summed E-state index contributed by atoms with van der Waals surface area (Å²) in [6.45, 7) is 5.92. The van der Waals surface area contributed by atoms with Crippen LogP contribution in [0, 0.1) is 13.8 Å². The first-order valence-corrected chi connectivity index (χ1v) is 4.83. The van der Waals surface area contributed by atoms with Gasteiger partial charge in [0, 0.05) is 7.11 Å². The zero-order chi connectivity index (χ0) is 10.7. The molecule has 1 rings (SSSR count). The zero-order valence-corrected chi connectivity index (χ0v) is 9.24. The van der Waals surface area contributed by atoms with Crippen molar-refractivity contribution in [3.8, 4) is 0 Å². The molecule has 0 aliphatic heterocycles. The van der Waals surface area contributed by atoms with E-state index in [0.29, 0.717) is 0 Å². The summed E-state index contributed by atoms with van der Waals surface area (Å²) >= 11 is 0. The molecule has 0 saturated heterocycles. The number of aliphatic hydroxyl groups is 1. The lowest BCUT2D eigenvalue weighted by Gasteiger charge is -2.18. The van der Waals surface area contributed by atoms with Gasteiger partial charge >= 0.3 is 0 Å². The second kappa shape index (κ2) is 4.58. The fourth-order valence-electron chi connectivity index (χ4n) is 1.58. The molecule has 2 nitrogen and oxygen atoms in total. The predicted molar refractivity (Wildman–Crippen MR) is 57.3 cm³/mol. The lowest BCUT2D eigenvalue weighted by Crippen LogP contribution is -2.16. The Morgan fingerprint density at radius 1 is 1.14 bits per heavy atom. The van der Waals surface area contributed by atoms with Crippen LogP contribution in [0.25, 0.3) is 0 Å². The molecule has 0 fully saturated rings. The molecule has 0 aliphatic rings. The van der Waals surface area contributed by atoms with Crippen LogP contribution in [0.3, 0.4) is 0 Å². The summed E-state index contributed by atoms with van der Waals surface area (Å²) in [5.74, 6) is 0. The van der Waals surface area contributed by atoms with Gasteiger partial charge in [-0.1, -0.05) is 29.3 Å². The molecule has 1 aromatic carbocycles. The molecule has 1 N–H and O–H groups in total. The molecule has 0 radical (unpaired) electrons. The van der Waals surface area contributed by atoms with Gasteiger partial charge in [-0.15, -0.1) is 0 Å². The highest BCUT2D eigenvalue weighted by Crippen LogP contribution is 2.21. The monoisotopic (exact) mass is 194 g/mol. The fourth-order valence-corrected chi connectivity index (χ4v) is 1.58. The smallest absolute Gasteiger partial charge is 0.105 e. The van der Waals surface area contributed by atoms with Crippen molar-refractivity contribution < 1.29 is 9.84 Å². The molecule has 0 spiro atoms. The maximum Gasteiger partial charge on any atom is 0.105 e. The quantitative estimate of drug-likeness (QED) is 0.800. The van der Waals surface area contributed by atoms with E-state index in [0.717, 1.165) is 5.56 Å². The Balaban J connectivity index is 2.94. The molecule has 2 heteroatoms. The number of hydrogen-bond acceptors (Lipinski definition) is 2. The summed E-state index contributed by atoms with van der Waals surface area (Å²) in [5, 5.41) is 9.91. The van der Waals surface area contributed by atoms with E-state index in [1.165, 1.54) is 11.1 Å². The standard InChI is InChI=1S/C12H18O2/c1-8-5-9(2)7-11(6-8)12(13)10(3)14-4/h5-7,10,12-13H,1-4H3. The van der Waals surface area contributed by atoms with Gasteiger partial charge in [-0.2, -0.15) is 0 Å². The molecule has 2 unspecified atom stereocenters. The third kappa shape index (κ3) is 2.56. The van der Waals surface area contributed by atoms with Crippen molar-refractivity contribution in [2.75, 3.05) is 7.11 Å². The molecule has 0 saturated carbocycles. The van der Waals surface area contributed by atoms with Gasteiger partial charge in [0.1, 0.15) is 6.10 Å². The average Bonchev–Trinajstić information content (AvgIpc) is 2.14. The molecule has 0 bridgehead atoms. The first kappa shape index (κ1) is 11.2. The van der Waals surface area contributed by atoms with Crippen molar-refractivity contribution in [3.05, 3.63) is 34.9 Å². The number of aryl methyl sites for hydroxylation is 2. The number of ether oxygens (including phenoxy) is 1. The van der Waals surface area contributed by atoms with Crippen LogP contribution < -0.4 is 0 Å². The van der Waals surface area contributed by atoms with Crippen molar-refractivity contribution in [3.63, 3.8) is 0 Å². The van der Waals surface area contributed by atoms with Crippen LogP contribution in [0.4, 0.5) is 0 Å². The van der Waals surface area contributed by atoms with Crippen molar-refractivity contribution in [2.45, 2.75) is 33.0 Å². The van der Waals surface area contributed by atoms with Gasteiger partial charge in [-0.05, 0) is 26.3 Å². The van der Waals surface area contributed by atoms with Gasteiger partial charge in [0.05, 0.1) is 6.10 Å². The molecule has 0 aliphatic carbocycles. The van der Waals surface area contributed by atoms with Crippen LogP contribution in [-0.4, -0.2) is 18.3 Å². The molecule has 0 aromatic heterocycles. The van der Waals surface area contributed by atoms with Crippen LogP contribution in [0.2, 0.25) is 0 Å². The molecule has 0 amide bonds. The van der Waals surface area contributed by atoms with Crippen LogP contribution in [0.5, 0.6) is 0 Å². The van der Waals surface area contributed by atoms with Gasteiger partial charge < -0.3 is 9.84 Å². The van der Waals surface area contributed by atoms with Crippen molar-refractivity contribution in [2.24, 2.45) is 0 Å². The largest absolute Gasteiger partial charge is 0.386 e. The zero-order valence-electron chi connectivity index (χ0n) is 9.24. The van der Waals surface area contributed by atoms with E-state index in [1.807, 2.05) is 32.9 Å². The molecule has 0 heterocycles. The van der Waals surface area contributed by atoms with Crippen molar-refractivity contribution in [1.82, 2.24) is 0 Å². The van der Waals surface area contributed by atoms with Crippen molar-refractivity contribution in [1.29, 1.82) is 0 Å². The summed E-state index contributed by atoms with van der Waals surface area (Å²) in [5.41, 5.74) is 3.27. The lowest BCUT2D eigenvalue weighted by atomic mass is 10.0. The Labute approximate surface area is 85.5 Å². The Bertz CT molecular complexity index is 287. The highest BCUT2D eigenvalue weighted by atomic mass is 16.5. The number of aliphatic hydroxyl groups excluding tert-OH is 1. The minimum Gasteiger partial charge on any atom is -0.386 e. The number of benzene rings is 1. The molecule has 1 aromatic rings. The van der Waals surface area contributed by atoms with E-state index in [-0.39, 0.29) is 6.10 Å². The maximum absolute atomic E-state index is 9.91. The Morgan fingerprint density at radius 3 is 2.07 bits per heavy atom. The summed E-state index contributed by atoms with van der Waals surface area (Å²) in [6.07, 6.45) is -0.713. The Morgan fingerprint density at radius 2 is 1.64 bits per heavy atom. The minimum atomic E-state index is -0.543. The van der Waals surface area contributed by atoms with Gasteiger partial charge in [0.2, 0.25) is 0 Å². The highest BCUT2D eigenvalue weighted by Gasteiger charge is 2.15. The highest BCUT2D eigenvalue weighted by molar-refractivity contribution is 5.30. The average molecular weight is 194 g/mol. The maximum atomic E-state index is 9.91. The summed E-state index contributed by atoms with van der Waals surface area (Å²) < 4.78 is 5.10. The molecule has 2 atom stereocenters. The topological polar surface area (TPSA) is 29.5 Å². The van der Waals surface area contributed by atoms with Crippen molar-refractivity contribution >= 4 is 0 Å². The summed E-state index contributed by atoms with van der Waals surface area (Å²) in [7, 11) is 1.61. The number of methoxy groups -OCH3 is 1.